The van der Waals surface area contributed by atoms with Crippen LogP contribution < -0.4 is 0 Å². The van der Waals surface area contributed by atoms with Crippen LogP contribution >= 0.6 is 0 Å². The largest absolute Gasteiger partial charge is 0.399 e. The van der Waals surface area contributed by atoms with Crippen molar-refractivity contribution in [3.63, 3.8) is 0 Å². The molecule has 1 unspecified atom stereocenters. The summed E-state index contributed by atoms with van der Waals surface area (Å²) in [6.07, 6.45) is 1.95. The van der Waals surface area contributed by atoms with Gasteiger partial charge in [0, 0.05) is 18.7 Å². The first-order chi connectivity index (χ1) is 12.2. The molecule has 0 aromatic heterocycles. The van der Waals surface area contributed by atoms with Gasteiger partial charge in [0.25, 0.3) is 5.91 Å². The van der Waals surface area contributed by atoms with E-state index >= 15 is 0 Å². The number of carbonyl (C=O) groups is 1. The van der Waals surface area contributed by atoms with Gasteiger partial charge in [0.1, 0.15) is 7.11 Å². The Morgan fingerprint density at radius 3 is 2.48 bits per heavy atom. The molecule has 0 aliphatic carbocycles. The third-order valence-corrected chi connectivity index (χ3v) is 3.92. The van der Waals surface area contributed by atoms with Crippen LogP contribution in [0, 0.1) is 6.92 Å². The van der Waals surface area contributed by atoms with Crippen LogP contribution in [0.15, 0.2) is 59.8 Å². The summed E-state index contributed by atoms with van der Waals surface area (Å²) in [5.74, 6) is -0.107. The second-order valence-corrected chi connectivity index (χ2v) is 5.80. The molecule has 1 amide bonds. The molecule has 2 rings (SSSR count). The van der Waals surface area contributed by atoms with Crippen LogP contribution in [0.2, 0.25) is 0 Å². The molecule has 0 fully saturated rings. The summed E-state index contributed by atoms with van der Waals surface area (Å²) < 4.78 is 0. The van der Waals surface area contributed by atoms with Crippen LogP contribution in [0.5, 0.6) is 0 Å². The van der Waals surface area contributed by atoms with Crippen molar-refractivity contribution in [2.24, 2.45) is 5.16 Å². The summed E-state index contributed by atoms with van der Waals surface area (Å²) >= 11 is 0. The number of benzene rings is 2. The van der Waals surface area contributed by atoms with E-state index in [1.807, 2.05) is 61.5 Å². The highest BCUT2D eigenvalue weighted by atomic mass is 16.6. The first kappa shape index (κ1) is 18.7. The van der Waals surface area contributed by atoms with E-state index in [9.17, 15) is 9.90 Å². The van der Waals surface area contributed by atoms with Gasteiger partial charge in [-0.05, 0) is 31.0 Å². The normalized spacial score (nSPS) is 12.1. The van der Waals surface area contributed by atoms with E-state index < -0.39 is 0 Å². The minimum absolute atomic E-state index is 0.0487. The Balaban J connectivity index is 2.33. The molecule has 0 saturated heterocycles. The molecule has 1 N–H and O–H groups in total. The van der Waals surface area contributed by atoms with E-state index in [2.05, 4.69) is 5.16 Å². The van der Waals surface area contributed by atoms with Crippen molar-refractivity contribution in [3.8, 4) is 0 Å². The predicted octanol–water partition coefficient (Wildman–Crippen LogP) is 3.02. The summed E-state index contributed by atoms with van der Waals surface area (Å²) in [4.78, 5) is 19.6. The van der Waals surface area contributed by atoms with Gasteiger partial charge < -0.3 is 14.8 Å². The molecular weight excluding hydrogens is 316 g/mol. The van der Waals surface area contributed by atoms with Crippen LogP contribution in [0.4, 0.5) is 0 Å². The third kappa shape index (κ3) is 5.43. The van der Waals surface area contributed by atoms with Crippen molar-refractivity contribution in [2.45, 2.75) is 25.9 Å². The fourth-order valence-corrected chi connectivity index (χ4v) is 2.56. The number of rotatable bonds is 8. The van der Waals surface area contributed by atoms with Crippen LogP contribution in [0.25, 0.3) is 0 Å². The molecule has 0 aliphatic heterocycles. The number of aryl methyl sites for hydroxylation is 1. The van der Waals surface area contributed by atoms with Crippen molar-refractivity contribution >= 4 is 12.1 Å². The second kappa shape index (κ2) is 9.59. The predicted molar refractivity (Wildman–Crippen MR) is 98.5 cm³/mol. The minimum atomic E-state index is -0.362. The second-order valence-electron chi connectivity index (χ2n) is 5.80. The average Bonchev–Trinajstić information content (AvgIpc) is 2.64. The smallest absolute Gasteiger partial charge is 0.254 e. The van der Waals surface area contributed by atoms with Gasteiger partial charge in [0.2, 0.25) is 0 Å². The number of hydrogen-bond donors (Lipinski definition) is 1. The summed E-state index contributed by atoms with van der Waals surface area (Å²) in [5, 5.41) is 13.2. The summed E-state index contributed by atoms with van der Waals surface area (Å²) in [6.45, 7) is 2.36. The van der Waals surface area contributed by atoms with E-state index in [0.29, 0.717) is 18.5 Å². The number of hydrogen-bond acceptors (Lipinski definition) is 4. The summed E-state index contributed by atoms with van der Waals surface area (Å²) in [7, 11) is 1.45. The van der Waals surface area contributed by atoms with Gasteiger partial charge in [-0.1, -0.05) is 53.2 Å². The van der Waals surface area contributed by atoms with Crippen LogP contribution in [-0.2, 0) is 11.4 Å². The molecule has 0 saturated carbocycles. The Bertz CT molecular complexity index is 684. The molecule has 0 radical (unpaired) electrons. The monoisotopic (exact) mass is 340 g/mol. The first-order valence-corrected chi connectivity index (χ1v) is 8.24. The molecule has 0 aliphatic rings. The highest BCUT2D eigenvalue weighted by molar-refractivity contribution is 5.96. The van der Waals surface area contributed by atoms with Gasteiger partial charge in [-0.25, -0.2) is 0 Å². The van der Waals surface area contributed by atoms with E-state index in [-0.39, 0.29) is 18.6 Å². The fourth-order valence-electron chi connectivity index (χ4n) is 2.56. The Morgan fingerprint density at radius 2 is 1.88 bits per heavy atom. The summed E-state index contributed by atoms with van der Waals surface area (Å²) in [6, 6.07) is 16.9. The fraction of sp³-hybridized carbons (Fsp3) is 0.300. The average molecular weight is 340 g/mol. The maximum Gasteiger partial charge on any atom is 0.254 e. The molecule has 2 aromatic carbocycles. The molecule has 0 bridgehead atoms. The van der Waals surface area contributed by atoms with Crippen LogP contribution in [-0.4, -0.2) is 41.9 Å². The molecule has 5 heteroatoms. The number of nitrogens with zero attached hydrogens (tertiary/aromatic N) is 2. The molecule has 132 valence electrons. The van der Waals surface area contributed by atoms with Crippen molar-refractivity contribution in [1.29, 1.82) is 0 Å². The maximum atomic E-state index is 13.1. The highest BCUT2D eigenvalue weighted by Gasteiger charge is 2.24. The van der Waals surface area contributed by atoms with Gasteiger partial charge in [0.05, 0.1) is 12.3 Å². The Labute approximate surface area is 148 Å². The van der Waals surface area contributed by atoms with Gasteiger partial charge in [-0.3, -0.25) is 4.79 Å². The zero-order valence-corrected chi connectivity index (χ0v) is 14.6. The lowest BCUT2D eigenvalue weighted by Gasteiger charge is -2.29. The Hall–Kier alpha value is -2.66. The van der Waals surface area contributed by atoms with Gasteiger partial charge in [-0.2, -0.15) is 0 Å². The zero-order chi connectivity index (χ0) is 18.1. The van der Waals surface area contributed by atoms with Crippen molar-refractivity contribution in [3.05, 3.63) is 71.3 Å². The van der Waals surface area contributed by atoms with Crippen molar-refractivity contribution < 1.29 is 14.7 Å². The number of aliphatic hydroxyl groups is 1. The van der Waals surface area contributed by atoms with Crippen molar-refractivity contribution in [2.75, 3.05) is 13.7 Å². The van der Waals surface area contributed by atoms with Gasteiger partial charge in [-0.15, -0.1) is 0 Å². The van der Waals surface area contributed by atoms with Gasteiger partial charge in [0.15, 0.2) is 0 Å². The SMILES string of the molecule is CON=CC(CCO)N(Cc1ccccc1)C(=O)c1ccc(C)cc1. The minimum Gasteiger partial charge on any atom is -0.399 e. The lowest BCUT2D eigenvalue weighted by atomic mass is 10.1. The lowest BCUT2D eigenvalue weighted by molar-refractivity contribution is 0.0691. The number of aliphatic hydroxyl groups excluding tert-OH is 1. The number of carbonyl (C=O) groups excluding carboxylic acids is 1. The number of oxime groups is 1. The maximum absolute atomic E-state index is 13.1. The first-order valence-electron chi connectivity index (χ1n) is 8.24. The molecule has 2 aromatic rings. The summed E-state index contributed by atoms with van der Waals surface area (Å²) in [5.41, 5.74) is 2.71. The molecule has 0 spiro atoms. The highest BCUT2D eigenvalue weighted by Crippen LogP contribution is 2.15. The van der Waals surface area contributed by atoms with E-state index in [1.165, 1.54) is 7.11 Å². The molecule has 1 atom stereocenters. The third-order valence-electron chi connectivity index (χ3n) is 3.92. The van der Waals surface area contributed by atoms with Crippen molar-refractivity contribution in [1.82, 2.24) is 4.90 Å². The van der Waals surface area contributed by atoms with Crippen LogP contribution in [0.3, 0.4) is 0 Å². The molecule has 5 nitrogen and oxygen atoms in total. The number of amides is 1. The molecule has 25 heavy (non-hydrogen) atoms. The van der Waals surface area contributed by atoms with Crippen LogP contribution in [0.1, 0.15) is 27.9 Å². The Kier molecular flexibility index (Phi) is 7.16. The van der Waals surface area contributed by atoms with Gasteiger partial charge >= 0.3 is 0 Å². The Morgan fingerprint density at radius 1 is 1.20 bits per heavy atom. The molecular formula is C20H24N2O3. The van der Waals surface area contributed by atoms with E-state index in [0.717, 1.165) is 11.1 Å². The lowest BCUT2D eigenvalue weighted by Crippen LogP contribution is -2.41. The topological polar surface area (TPSA) is 62.1 Å². The quantitative estimate of drug-likeness (QED) is 0.593. The zero-order valence-electron chi connectivity index (χ0n) is 14.6. The van der Waals surface area contributed by atoms with E-state index in [1.54, 1.807) is 11.1 Å². The van der Waals surface area contributed by atoms with E-state index in [4.69, 9.17) is 4.84 Å². The molecule has 0 heterocycles. The standard InChI is InChI=1S/C20H24N2O3/c1-16-8-10-18(11-9-16)20(24)22(15-17-6-4-3-5-7-17)19(12-13-23)14-21-25-2/h3-11,14,19,23H,12-13,15H2,1-2H3.